The van der Waals surface area contributed by atoms with Crippen molar-refractivity contribution in [2.45, 2.75) is 47.0 Å². The van der Waals surface area contributed by atoms with E-state index in [4.69, 9.17) is 0 Å². The molecule has 0 aliphatic rings. The average Bonchev–Trinajstić information content (AvgIpc) is 2.80. The molecule has 2 N–H and O–H groups in total. The van der Waals surface area contributed by atoms with Crippen molar-refractivity contribution in [3.05, 3.63) is 17.7 Å². The molecule has 1 heterocycles. The van der Waals surface area contributed by atoms with E-state index in [0.29, 0.717) is 12.5 Å². The Morgan fingerprint density at radius 1 is 1.50 bits per heavy atom. The maximum absolute atomic E-state index is 12.1. The van der Waals surface area contributed by atoms with Crippen molar-refractivity contribution in [1.29, 1.82) is 0 Å². The molecule has 1 amide bonds. The molecule has 20 heavy (non-hydrogen) atoms. The molecule has 0 aromatic carbocycles. The minimum atomic E-state index is 0.0869. The Kier molecular flexibility index (Phi) is 6.86. The highest BCUT2D eigenvalue weighted by Crippen LogP contribution is 2.18. The normalized spacial score (nSPS) is 11.8. The summed E-state index contributed by atoms with van der Waals surface area (Å²) in [5.74, 6) is 6.46. The quantitative estimate of drug-likeness (QED) is 0.784. The van der Waals surface area contributed by atoms with Gasteiger partial charge in [-0.15, -0.1) is 0 Å². The zero-order chi connectivity index (χ0) is 15.0. The van der Waals surface area contributed by atoms with Gasteiger partial charge in [-0.1, -0.05) is 39.5 Å². The van der Waals surface area contributed by atoms with Gasteiger partial charge in [0, 0.05) is 11.6 Å². The fourth-order valence-corrected chi connectivity index (χ4v) is 2.07. The molecule has 4 nitrogen and oxygen atoms in total. The van der Waals surface area contributed by atoms with E-state index in [-0.39, 0.29) is 11.8 Å². The summed E-state index contributed by atoms with van der Waals surface area (Å²) in [7, 11) is 0. The molecule has 1 rings (SSSR count). The van der Waals surface area contributed by atoms with Gasteiger partial charge in [0.2, 0.25) is 5.91 Å². The van der Waals surface area contributed by atoms with Gasteiger partial charge in [0.15, 0.2) is 0 Å². The maximum Gasteiger partial charge on any atom is 0.224 e. The summed E-state index contributed by atoms with van der Waals surface area (Å²) in [6.07, 6.45) is 4.78. The van der Waals surface area contributed by atoms with Gasteiger partial charge in [-0.3, -0.25) is 4.79 Å². The number of carbonyl (C=O) groups excluding carboxylic acids is 1. The predicted molar refractivity (Wildman–Crippen MR) is 81.1 cm³/mol. The molecule has 0 saturated heterocycles. The van der Waals surface area contributed by atoms with Crippen LogP contribution in [0.15, 0.2) is 6.33 Å². The number of unbranched alkanes of at least 4 members (excludes halogenated alkanes) is 1. The summed E-state index contributed by atoms with van der Waals surface area (Å²) in [5.41, 5.74) is 1.69. The van der Waals surface area contributed by atoms with Gasteiger partial charge < -0.3 is 10.3 Å². The van der Waals surface area contributed by atoms with Gasteiger partial charge in [0.05, 0.1) is 12.9 Å². The van der Waals surface area contributed by atoms with Crippen LogP contribution in [-0.2, 0) is 4.79 Å². The third kappa shape index (κ3) is 5.08. The van der Waals surface area contributed by atoms with Gasteiger partial charge in [0.1, 0.15) is 5.69 Å². The zero-order valence-electron chi connectivity index (χ0n) is 12.9. The molecule has 110 valence electrons. The van der Waals surface area contributed by atoms with Crippen LogP contribution in [-0.4, -0.2) is 22.4 Å². The molecule has 0 fully saturated rings. The lowest BCUT2D eigenvalue weighted by Crippen LogP contribution is -2.33. The smallest absolute Gasteiger partial charge is 0.224 e. The van der Waals surface area contributed by atoms with E-state index < -0.39 is 0 Å². The largest absolute Gasteiger partial charge is 0.348 e. The number of H-pyrrole nitrogens is 1. The Hall–Kier alpha value is -1.76. The van der Waals surface area contributed by atoms with Gasteiger partial charge in [0.25, 0.3) is 0 Å². The first-order valence-corrected chi connectivity index (χ1v) is 7.32. The number of aromatic amines is 1. The predicted octanol–water partition coefficient (Wildman–Crippen LogP) is 2.65. The highest BCUT2D eigenvalue weighted by atomic mass is 16.1. The summed E-state index contributed by atoms with van der Waals surface area (Å²) in [4.78, 5) is 19.2. The first kappa shape index (κ1) is 16.3. The molecular formula is C16H25N3O. The monoisotopic (exact) mass is 275 g/mol. The Labute approximate surface area is 121 Å². The highest BCUT2D eigenvalue weighted by Gasteiger charge is 2.20. The molecule has 0 aliphatic carbocycles. The lowest BCUT2D eigenvalue weighted by Gasteiger charge is -2.19. The van der Waals surface area contributed by atoms with E-state index in [2.05, 4.69) is 47.9 Å². The number of hydrogen-bond acceptors (Lipinski definition) is 2. The van der Waals surface area contributed by atoms with E-state index in [0.717, 1.165) is 30.7 Å². The van der Waals surface area contributed by atoms with Crippen molar-refractivity contribution in [1.82, 2.24) is 15.3 Å². The van der Waals surface area contributed by atoms with Crippen LogP contribution in [0.5, 0.6) is 0 Å². The van der Waals surface area contributed by atoms with Crippen molar-refractivity contribution in [3.63, 3.8) is 0 Å². The molecular weight excluding hydrogens is 250 g/mol. The number of nitrogens with zero attached hydrogens (tertiary/aromatic N) is 1. The molecule has 4 heteroatoms. The molecule has 1 aromatic heterocycles. The average molecular weight is 275 g/mol. The number of aryl methyl sites for hydroxylation is 1. The Morgan fingerprint density at radius 3 is 2.80 bits per heavy atom. The van der Waals surface area contributed by atoms with E-state index in [1.165, 1.54) is 0 Å². The second-order valence-corrected chi connectivity index (χ2v) is 5.39. The number of imidazole rings is 1. The van der Waals surface area contributed by atoms with Crippen LogP contribution in [0.3, 0.4) is 0 Å². The van der Waals surface area contributed by atoms with Gasteiger partial charge in [-0.25, -0.2) is 4.98 Å². The minimum Gasteiger partial charge on any atom is -0.348 e. The van der Waals surface area contributed by atoms with Crippen molar-refractivity contribution < 1.29 is 4.79 Å². The first-order valence-electron chi connectivity index (χ1n) is 7.32. The first-order chi connectivity index (χ1) is 9.56. The summed E-state index contributed by atoms with van der Waals surface area (Å²) in [6, 6.07) is 0. The number of carbonyl (C=O) groups is 1. The molecule has 0 bridgehead atoms. The lowest BCUT2D eigenvalue weighted by atomic mass is 9.90. The van der Waals surface area contributed by atoms with Gasteiger partial charge >= 0.3 is 0 Å². The van der Waals surface area contributed by atoms with Crippen LogP contribution in [0.1, 0.15) is 51.4 Å². The summed E-state index contributed by atoms with van der Waals surface area (Å²) >= 11 is 0. The van der Waals surface area contributed by atoms with Crippen LogP contribution in [0.4, 0.5) is 0 Å². The van der Waals surface area contributed by atoms with Gasteiger partial charge in [-0.2, -0.15) is 0 Å². The van der Waals surface area contributed by atoms with Crippen molar-refractivity contribution in [2.75, 3.05) is 6.54 Å². The van der Waals surface area contributed by atoms with Crippen LogP contribution in [0.2, 0.25) is 0 Å². The number of amides is 1. The van der Waals surface area contributed by atoms with Gasteiger partial charge in [-0.05, 0) is 25.2 Å². The molecule has 0 spiro atoms. The summed E-state index contributed by atoms with van der Waals surface area (Å²) in [5, 5.41) is 2.90. The van der Waals surface area contributed by atoms with Crippen molar-refractivity contribution in [3.8, 4) is 11.8 Å². The Bertz CT molecular complexity index is 479. The second kappa shape index (κ2) is 8.42. The van der Waals surface area contributed by atoms with E-state index in [1.54, 1.807) is 6.33 Å². The molecule has 0 aliphatic heterocycles. The number of aromatic nitrogens is 2. The highest BCUT2D eigenvalue weighted by molar-refractivity contribution is 5.79. The Balaban J connectivity index is 2.45. The zero-order valence-corrected chi connectivity index (χ0v) is 12.9. The number of rotatable bonds is 6. The maximum atomic E-state index is 12.1. The van der Waals surface area contributed by atoms with Crippen LogP contribution >= 0.6 is 0 Å². The van der Waals surface area contributed by atoms with E-state index in [1.807, 2.05) is 6.92 Å². The van der Waals surface area contributed by atoms with Crippen LogP contribution in [0.25, 0.3) is 0 Å². The topological polar surface area (TPSA) is 57.8 Å². The van der Waals surface area contributed by atoms with E-state index in [9.17, 15) is 4.79 Å². The van der Waals surface area contributed by atoms with Crippen molar-refractivity contribution >= 4 is 5.91 Å². The fourth-order valence-electron chi connectivity index (χ4n) is 2.07. The third-order valence-electron chi connectivity index (χ3n) is 3.40. The van der Waals surface area contributed by atoms with Crippen LogP contribution < -0.4 is 5.32 Å². The fraction of sp³-hybridized carbons (Fsp3) is 0.625. The number of hydrogen-bond donors (Lipinski definition) is 2. The minimum absolute atomic E-state index is 0.0869. The second-order valence-electron chi connectivity index (χ2n) is 5.39. The Morgan fingerprint density at radius 2 is 2.25 bits per heavy atom. The summed E-state index contributed by atoms with van der Waals surface area (Å²) in [6.45, 7) is 8.64. The standard InChI is InChI=1S/C16H25N3O/c1-5-6-8-14(12(2)3)16(20)17-10-7-9-15-13(4)18-11-19-15/h11-12,14H,5-6,8,10H2,1-4H3,(H,17,20)(H,18,19)/t14-/m1/s1. The lowest BCUT2D eigenvalue weighted by molar-refractivity contribution is -0.126. The molecule has 0 saturated carbocycles. The van der Waals surface area contributed by atoms with E-state index >= 15 is 0 Å². The number of nitrogens with one attached hydrogen (secondary N) is 2. The van der Waals surface area contributed by atoms with Crippen LogP contribution in [0, 0.1) is 30.6 Å². The molecule has 0 radical (unpaired) electrons. The molecule has 1 aromatic rings. The molecule has 0 unspecified atom stereocenters. The third-order valence-corrected chi connectivity index (χ3v) is 3.40. The molecule has 1 atom stereocenters. The SMILES string of the molecule is CCCC[C@@H](C(=O)NCC#Cc1nc[nH]c1C)C(C)C. The van der Waals surface area contributed by atoms with Crippen molar-refractivity contribution in [2.24, 2.45) is 11.8 Å². The summed E-state index contributed by atoms with van der Waals surface area (Å²) < 4.78 is 0.